The normalized spacial score (nSPS) is 20.4. The molecule has 1 unspecified atom stereocenters. The lowest BCUT2D eigenvalue weighted by atomic mass is 9.89. The number of rotatable bonds is 6. The van der Waals surface area contributed by atoms with E-state index in [-0.39, 0.29) is 24.5 Å². The van der Waals surface area contributed by atoms with Crippen LogP contribution >= 0.6 is 0 Å². The van der Waals surface area contributed by atoms with Gasteiger partial charge in [-0.05, 0) is 50.9 Å². The van der Waals surface area contributed by atoms with Crippen molar-refractivity contribution in [1.29, 1.82) is 0 Å². The third kappa shape index (κ3) is 4.81. The number of likely N-dealkylation sites (N-methyl/N-ethyl adjacent to an activating group) is 1. The first-order valence-corrected chi connectivity index (χ1v) is 10.3. The minimum Gasteiger partial charge on any atom is -0.396 e. The van der Waals surface area contributed by atoms with E-state index in [0.29, 0.717) is 19.0 Å². The molecule has 4 heteroatoms. The van der Waals surface area contributed by atoms with Crippen LogP contribution in [-0.2, 0) is 4.79 Å². The zero-order chi connectivity index (χ0) is 19.9. The quantitative estimate of drug-likeness (QED) is 0.834. The Kier molecular flexibility index (Phi) is 7.24. The van der Waals surface area contributed by atoms with Crippen LogP contribution in [0, 0.1) is 0 Å². The molecule has 0 radical (unpaired) electrons. The number of carbonyl (C=O) groups is 1. The van der Waals surface area contributed by atoms with Gasteiger partial charge >= 0.3 is 0 Å². The van der Waals surface area contributed by atoms with E-state index in [9.17, 15) is 9.90 Å². The number of carbonyl (C=O) groups excluding carboxylic acids is 1. The Bertz CT molecular complexity index is 693. The van der Waals surface area contributed by atoms with Crippen LogP contribution in [0.25, 0.3) is 0 Å². The predicted octanol–water partition coefficient (Wildman–Crippen LogP) is 3.51. The Labute approximate surface area is 168 Å². The van der Waals surface area contributed by atoms with Crippen LogP contribution in [0.4, 0.5) is 0 Å². The Balaban J connectivity index is 1.98. The van der Waals surface area contributed by atoms with Crippen molar-refractivity contribution in [3.63, 3.8) is 0 Å². The van der Waals surface area contributed by atoms with Gasteiger partial charge in [-0.25, -0.2) is 0 Å². The van der Waals surface area contributed by atoms with Gasteiger partial charge in [0.2, 0.25) is 5.91 Å². The van der Waals surface area contributed by atoms with Gasteiger partial charge in [0, 0.05) is 25.2 Å². The highest BCUT2D eigenvalue weighted by molar-refractivity contribution is 5.87. The summed E-state index contributed by atoms with van der Waals surface area (Å²) in [5.41, 5.74) is 2.04. The molecule has 4 nitrogen and oxygen atoms in total. The van der Waals surface area contributed by atoms with Crippen LogP contribution in [0.1, 0.15) is 42.7 Å². The molecule has 0 bridgehead atoms. The minimum absolute atomic E-state index is 0.0948. The molecule has 1 fully saturated rings. The zero-order valence-electron chi connectivity index (χ0n) is 17.0. The summed E-state index contributed by atoms with van der Waals surface area (Å²) in [4.78, 5) is 18.2. The van der Waals surface area contributed by atoms with Gasteiger partial charge in [-0.3, -0.25) is 4.79 Å². The van der Waals surface area contributed by atoms with Crippen LogP contribution in [0.3, 0.4) is 0 Å². The fraction of sp³-hybridized carbons (Fsp3) is 0.458. The predicted molar refractivity (Wildman–Crippen MR) is 113 cm³/mol. The lowest BCUT2D eigenvalue weighted by Crippen LogP contribution is -2.48. The fourth-order valence-corrected chi connectivity index (χ4v) is 4.29. The SMILES string of the molecule is CN(C)C1CCC[C@@H](CCO)N(C(=O)C(c2ccccc2)c2ccccc2)C1. The highest BCUT2D eigenvalue weighted by atomic mass is 16.3. The smallest absolute Gasteiger partial charge is 0.234 e. The first-order chi connectivity index (χ1) is 13.6. The molecule has 3 rings (SSSR count). The molecule has 1 aliphatic heterocycles. The molecular formula is C24H32N2O2. The number of hydrogen-bond acceptors (Lipinski definition) is 3. The summed E-state index contributed by atoms with van der Waals surface area (Å²) in [6.07, 6.45) is 3.76. The third-order valence-electron chi connectivity index (χ3n) is 5.91. The molecule has 2 atom stereocenters. The number of nitrogens with zero attached hydrogens (tertiary/aromatic N) is 2. The highest BCUT2D eigenvalue weighted by Gasteiger charge is 2.35. The largest absolute Gasteiger partial charge is 0.396 e. The summed E-state index contributed by atoms with van der Waals surface area (Å²) in [6.45, 7) is 0.828. The van der Waals surface area contributed by atoms with Crippen molar-refractivity contribution < 1.29 is 9.90 Å². The van der Waals surface area contributed by atoms with Gasteiger partial charge in [0.25, 0.3) is 0 Å². The van der Waals surface area contributed by atoms with E-state index >= 15 is 0 Å². The summed E-state index contributed by atoms with van der Waals surface area (Å²) in [5, 5.41) is 9.61. The summed E-state index contributed by atoms with van der Waals surface area (Å²) in [7, 11) is 4.18. The summed E-state index contributed by atoms with van der Waals surface area (Å²) in [5.74, 6) is -0.172. The van der Waals surface area contributed by atoms with Crippen molar-refractivity contribution in [2.45, 2.75) is 43.7 Å². The van der Waals surface area contributed by atoms with E-state index < -0.39 is 0 Å². The van der Waals surface area contributed by atoms with Crippen molar-refractivity contribution in [2.24, 2.45) is 0 Å². The van der Waals surface area contributed by atoms with Gasteiger partial charge in [0.1, 0.15) is 0 Å². The van der Waals surface area contributed by atoms with Crippen LogP contribution in [0.5, 0.6) is 0 Å². The molecule has 1 aliphatic rings. The van der Waals surface area contributed by atoms with Crippen molar-refractivity contribution in [3.05, 3.63) is 71.8 Å². The number of amides is 1. The van der Waals surface area contributed by atoms with Crippen LogP contribution in [-0.4, -0.2) is 60.1 Å². The summed E-state index contributed by atoms with van der Waals surface area (Å²) in [6, 6.07) is 20.5. The van der Waals surface area contributed by atoms with E-state index in [0.717, 1.165) is 30.4 Å². The van der Waals surface area contributed by atoms with Crippen LogP contribution < -0.4 is 0 Å². The molecule has 2 aromatic carbocycles. The number of aliphatic hydroxyl groups is 1. The lowest BCUT2D eigenvalue weighted by molar-refractivity contribution is -0.135. The molecule has 1 N–H and O–H groups in total. The van der Waals surface area contributed by atoms with Gasteiger partial charge in [0.15, 0.2) is 0 Å². The lowest BCUT2D eigenvalue weighted by Gasteiger charge is -2.36. The van der Waals surface area contributed by atoms with E-state index in [4.69, 9.17) is 0 Å². The second-order valence-corrected chi connectivity index (χ2v) is 7.96. The Morgan fingerprint density at radius 3 is 2.11 bits per heavy atom. The van der Waals surface area contributed by atoms with E-state index in [1.54, 1.807) is 0 Å². The van der Waals surface area contributed by atoms with Crippen LogP contribution in [0.15, 0.2) is 60.7 Å². The minimum atomic E-state index is -0.315. The maximum atomic E-state index is 13.9. The molecule has 1 heterocycles. The monoisotopic (exact) mass is 380 g/mol. The Morgan fingerprint density at radius 1 is 1.04 bits per heavy atom. The van der Waals surface area contributed by atoms with Crippen LogP contribution in [0.2, 0.25) is 0 Å². The topological polar surface area (TPSA) is 43.8 Å². The van der Waals surface area contributed by atoms with Crippen molar-refractivity contribution >= 4 is 5.91 Å². The molecule has 0 saturated carbocycles. The number of aliphatic hydroxyl groups excluding tert-OH is 1. The average molecular weight is 381 g/mol. The zero-order valence-corrected chi connectivity index (χ0v) is 17.0. The summed E-state index contributed by atoms with van der Waals surface area (Å²) >= 11 is 0. The van der Waals surface area contributed by atoms with Gasteiger partial charge < -0.3 is 14.9 Å². The number of hydrogen-bond donors (Lipinski definition) is 1. The van der Waals surface area contributed by atoms with Gasteiger partial charge in [-0.2, -0.15) is 0 Å². The molecular weight excluding hydrogens is 348 g/mol. The van der Waals surface area contributed by atoms with Gasteiger partial charge in [-0.15, -0.1) is 0 Å². The second-order valence-electron chi connectivity index (χ2n) is 7.96. The van der Waals surface area contributed by atoms with E-state index in [2.05, 4.69) is 23.9 Å². The molecule has 1 amide bonds. The first-order valence-electron chi connectivity index (χ1n) is 10.3. The second kappa shape index (κ2) is 9.85. The Hall–Kier alpha value is -2.17. The van der Waals surface area contributed by atoms with Gasteiger partial charge in [-0.1, -0.05) is 60.7 Å². The molecule has 150 valence electrons. The first kappa shape index (κ1) is 20.6. The highest BCUT2D eigenvalue weighted by Crippen LogP contribution is 2.31. The average Bonchev–Trinajstić information content (AvgIpc) is 2.93. The molecule has 1 saturated heterocycles. The van der Waals surface area contributed by atoms with E-state index in [1.165, 1.54) is 0 Å². The summed E-state index contributed by atoms with van der Waals surface area (Å²) < 4.78 is 0. The molecule has 0 spiro atoms. The molecule has 0 aromatic heterocycles. The molecule has 0 aliphatic carbocycles. The third-order valence-corrected chi connectivity index (χ3v) is 5.91. The fourth-order valence-electron chi connectivity index (χ4n) is 4.29. The standard InChI is InChI=1S/C24H32N2O2/c1-25(2)22-15-9-14-21(16-17-27)26(18-22)24(28)23(19-10-5-3-6-11-19)20-12-7-4-8-13-20/h3-8,10-13,21-23,27H,9,14-18H2,1-2H3/t21-,22?/m0/s1. The van der Waals surface area contributed by atoms with Gasteiger partial charge in [0.05, 0.1) is 5.92 Å². The molecule has 2 aromatic rings. The van der Waals surface area contributed by atoms with Crippen molar-refractivity contribution in [1.82, 2.24) is 9.80 Å². The maximum Gasteiger partial charge on any atom is 0.234 e. The van der Waals surface area contributed by atoms with Crippen molar-refractivity contribution in [2.75, 3.05) is 27.2 Å². The van der Waals surface area contributed by atoms with E-state index in [1.807, 2.05) is 60.7 Å². The number of benzene rings is 2. The Morgan fingerprint density at radius 2 is 1.61 bits per heavy atom. The number of likely N-dealkylation sites (tertiary alicyclic amines) is 1. The molecule has 28 heavy (non-hydrogen) atoms. The van der Waals surface area contributed by atoms with Crippen molar-refractivity contribution in [3.8, 4) is 0 Å². The maximum absolute atomic E-state index is 13.9.